The smallest absolute Gasteiger partial charge is 0.0736 e. The molecule has 0 radical (unpaired) electrons. The molecule has 3 aliphatic rings. The highest BCUT2D eigenvalue weighted by atomic mass is 16.5. The first-order chi connectivity index (χ1) is 14.0. The van der Waals surface area contributed by atoms with E-state index in [9.17, 15) is 0 Å². The van der Waals surface area contributed by atoms with Gasteiger partial charge in [0.1, 0.15) is 0 Å². The lowest BCUT2D eigenvalue weighted by Gasteiger charge is -2.22. The Kier molecular flexibility index (Phi) is 6.01. The molecule has 2 aliphatic heterocycles. The van der Waals surface area contributed by atoms with Gasteiger partial charge in [-0.2, -0.15) is 5.10 Å². The van der Waals surface area contributed by atoms with Gasteiger partial charge in [-0.3, -0.25) is 15.0 Å². The third kappa shape index (κ3) is 4.54. The van der Waals surface area contributed by atoms with Crippen LogP contribution in [0, 0.1) is 24.2 Å². The number of nitrogens with zero attached hydrogens (tertiary/aromatic N) is 3. The Morgan fingerprint density at radius 2 is 1.97 bits per heavy atom. The summed E-state index contributed by atoms with van der Waals surface area (Å²) in [7, 11) is 1.83. The first-order valence-corrected chi connectivity index (χ1v) is 10.8. The van der Waals surface area contributed by atoms with Crippen molar-refractivity contribution in [2.45, 2.75) is 38.6 Å². The lowest BCUT2D eigenvalue weighted by atomic mass is 10.0. The van der Waals surface area contributed by atoms with E-state index in [1.165, 1.54) is 38.8 Å². The van der Waals surface area contributed by atoms with Crippen molar-refractivity contribution in [3.05, 3.63) is 47.3 Å². The summed E-state index contributed by atoms with van der Waals surface area (Å²) in [6, 6.07) is 6.47. The van der Waals surface area contributed by atoms with Crippen LogP contribution in [-0.4, -0.2) is 52.7 Å². The maximum Gasteiger partial charge on any atom is 0.0736 e. The zero-order valence-electron chi connectivity index (χ0n) is 17.6. The lowest BCUT2D eigenvalue weighted by molar-refractivity contribution is 0.154. The summed E-state index contributed by atoms with van der Waals surface area (Å²) in [5, 5.41) is 12.1. The van der Waals surface area contributed by atoms with Crippen LogP contribution >= 0.6 is 0 Å². The van der Waals surface area contributed by atoms with Crippen LogP contribution in [0.2, 0.25) is 0 Å². The number of anilines is 1. The van der Waals surface area contributed by atoms with E-state index in [1.807, 2.05) is 38.4 Å². The van der Waals surface area contributed by atoms with E-state index in [1.54, 1.807) is 10.9 Å². The zero-order chi connectivity index (χ0) is 20.4. The number of rotatable bonds is 3. The monoisotopic (exact) mass is 395 g/mol. The molecule has 0 bridgehead atoms. The molecule has 3 heterocycles. The van der Waals surface area contributed by atoms with Crippen LogP contribution in [0.25, 0.3) is 0 Å². The van der Waals surface area contributed by atoms with Gasteiger partial charge in [0.15, 0.2) is 0 Å². The van der Waals surface area contributed by atoms with Crippen molar-refractivity contribution < 1.29 is 4.74 Å². The molecule has 1 aromatic carbocycles. The SMILES string of the molecule is C1C[C@@H]2CN(C3CCOC3)C[C@@H]2C1.Cc1ccc(C(=N)c2cnn(C)c2)c(N)c1. The quantitative estimate of drug-likeness (QED) is 0.618. The molecule has 1 aliphatic carbocycles. The number of hydrogen-bond acceptors (Lipinski definition) is 5. The lowest BCUT2D eigenvalue weighted by Crippen LogP contribution is -2.34. The third-order valence-electron chi connectivity index (χ3n) is 6.65. The van der Waals surface area contributed by atoms with E-state index in [-0.39, 0.29) is 0 Å². The number of likely N-dealkylation sites (tertiary alicyclic amines) is 1. The van der Waals surface area contributed by atoms with Crippen LogP contribution in [-0.2, 0) is 11.8 Å². The first-order valence-electron chi connectivity index (χ1n) is 10.8. The fourth-order valence-corrected chi connectivity index (χ4v) is 5.00. The number of aromatic nitrogens is 2. The molecule has 1 saturated carbocycles. The predicted molar refractivity (Wildman–Crippen MR) is 116 cm³/mol. The fraction of sp³-hybridized carbons (Fsp3) is 0.565. The number of fused-ring (bicyclic) bond motifs is 1. The molecule has 0 amide bonds. The van der Waals surface area contributed by atoms with E-state index >= 15 is 0 Å². The topological polar surface area (TPSA) is 80.2 Å². The molecular formula is C23H33N5O. The molecule has 1 aromatic heterocycles. The molecule has 0 spiro atoms. The van der Waals surface area contributed by atoms with Gasteiger partial charge >= 0.3 is 0 Å². The fourth-order valence-electron chi connectivity index (χ4n) is 5.00. The molecule has 156 valence electrons. The van der Waals surface area contributed by atoms with Gasteiger partial charge in [-0.25, -0.2) is 0 Å². The highest BCUT2D eigenvalue weighted by molar-refractivity contribution is 6.13. The summed E-state index contributed by atoms with van der Waals surface area (Å²) in [5.74, 6) is 2.08. The van der Waals surface area contributed by atoms with Crippen molar-refractivity contribution >= 4 is 11.4 Å². The number of nitrogens with one attached hydrogen (secondary N) is 1. The molecule has 3 N–H and O–H groups in total. The Morgan fingerprint density at radius 3 is 2.55 bits per heavy atom. The van der Waals surface area contributed by atoms with Crippen LogP contribution in [0.4, 0.5) is 5.69 Å². The van der Waals surface area contributed by atoms with Crippen molar-refractivity contribution in [2.75, 3.05) is 32.0 Å². The molecule has 6 nitrogen and oxygen atoms in total. The van der Waals surface area contributed by atoms with Crippen LogP contribution < -0.4 is 5.73 Å². The van der Waals surface area contributed by atoms with Crippen LogP contribution in [0.5, 0.6) is 0 Å². The largest absolute Gasteiger partial charge is 0.398 e. The van der Waals surface area contributed by atoms with Crippen LogP contribution in [0.1, 0.15) is 42.4 Å². The summed E-state index contributed by atoms with van der Waals surface area (Å²) in [4.78, 5) is 2.70. The average Bonchev–Trinajstić information content (AvgIpc) is 3.45. The van der Waals surface area contributed by atoms with Crippen molar-refractivity contribution in [2.24, 2.45) is 18.9 Å². The second-order valence-corrected chi connectivity index (χ2v) is 8.79. The Bertz CT molecular complexity index is 843. The van der Waals surface area contributed by atoms with Crippen molar-refractivity contribution in [1.82, 2.24) is 14.7 Å². The van der Waals surface area contributed by atoms with E-state index < -0.39 is 0 Å². The number of ether oxygens (including phenoxy) is 1. The predicted octanol–water partition coefficient (Wildman–Crippen LogP) is 3.23. The second-order valence-electron chi connectivity index (χ2n) is 8.79. The maximum atomic E-state index is 8.06. The minimum absolute atomic E-state index is 0.408. The summed E-state index contributed by atoms with van der Waals surface area (Å²) >= 11 is 0. The molecule has 5 rings (SSSR count). The Labute approximate surface area is 173 Å². The summed E-state index contributed by atoms with van der Waals surface area (Å²) in [6.45, 7) is 6.72. The molecule has 3 atom stereocenters. The second kappa shape index (κ2) is 8.67. The molecule has 3 fully saturated rings. The Morgan fingerprint density at radius 1 is 1.21 bits per heavy atom. The number of benzene rings is 1. The highest BCUT2D eigenvalue weighted by Gasteiger charge is 2.39. The first kappa shape index (κ1) is 20.1. The molecule has 29 heavy (non-hydrogen) atoms. The maximum absolute atomic E-state index is 8.06. The van der Waals surface area contributed by atoms with Crippen molar-refractivity contribution in [3.8, 4) is 0 Å². The number of aryl methyl sites for hydroxylation is 2. The van der Waals surface area contributed by atoms with E-state index in [0.717, 1.165) is 47.8 Å². The molecule has 6 heteroatoms. The van der Waals surface area contributed by atoms with Crippen molar-refractivity contribution in [3.63, 3.8) is 0 Å². The van der Waals surface area contributed by atoms with E-state index in [4.69, 9.17) is 15.9 Å². The summed E-state index contributed by atoms with van der Waals surface area (Å²) in [5.41, 5.74) is 9.56. The number of nitrogens with two attached hydrogens (primary N) is 1. The minimum Gasteiger partial charge on any atom is -0.398 e. The van der Waals surface area contributed by atoms with Gasteiger partial charge in [-0.15, -0.1) is 0 Å². The normalized spacial score (nSPS) is 26.2. The zero-order valence-corrected chi connectivity index (χ0v) is 17.6. The molecule has 1 unspecified atom stereocenters. The van der Waals surface area contributed by atoms with Gasteiger partial charge in [-0.1, -0.05) is 18.6 Å². The number of nitrogen functional groups attached to an aromatic ring is 1. The van der Waals surface area contributed by atoms with Crippen LogP contribution in [0.3, 0.4) is 0 Å². The standard InChI is InChI=1S/C12H14N4.C11H19NO/c1-8-3-4-10(11(13)5-8)12(14)9-6-15-16(2)7-9;1-2-9-6-12(7-10(9)3-1)11-4-5-13-8-11/h3-7,14H,13H2,1-2H3;9-11H,1-8H2/t;9-,10+,11?. The molecule has 2 saturated heterocycles. The van der Waals surface area contributed by atoms with E-state index in [2.05, 4.69) is 10.00 Å². The summed E-state index contributed by atoms with van der Waals surface area (Å²) in [6.07, 6.45) is 9.23. The average molecular weight is 396 g/mol. The Hall–Kier alpha value is -2.18. The van der Waals surface area contributed by atoms with Gasteiger partial charge < -0.3 is 10.5 Å². The molecule has 2 aromatic rings. The minimum atomic E-state index is 0.408. The van der Waals surface area contributed by atoms with Gasteiger partial charge in [-0.05, 0) is 49.7 Å². The highest BCUT2D eigenvalue weighted by Crippen LogP contribution is 2.39. The summed E-state index contributed by atoms with van der Waals surface area (Å²) < 4.78 is 7.12. The van der Waals surface area contributed by atoms with Gasteiger partial charge in [0.25, 0.3) is 0 Å². The molecular weight excluding hydrogens is 362 g/mol. The van der Waals surface area contributed by atoms with Gasteiger partial charge in [0.05, 0.1) is 18.5 Å². The van der Waals surface area contributed by atoms with Gasteiger partial charge in [0.2, 0.25) is 0 Å². The third-order valence-corrected chi connectivity index (χ3v) is 6.65. The Balaban J connectivity index is 0.000000144. The van der Waals surface area contributed by atoms with Gasteiger partial charge in [0, 0.05) is 55.8 Å². The van der Waals surface area contributed by atoms with Crippen molar-refractivity contribution in [1.29, 1.82) is 5.41 Å². The number of hydrogen-bond donors (Lipinski definition) is 2. The van der Waals surface area contributed by atoms with E-state index in [0.29, 0.717) is 11.4 Å². The van der Waals surface area contributed by atoms with Crippen LogP contribution in [0.15, 0.2) is 30.6 Å².